The second-order valence-electron chi connectivity index (χ2n) is 6.64. The lowest BCUT2D eigenvalue weighted by Gasteiger charge is -2.24. The summed E-state index contributed by atoms with van der Waals surface area (Å²) < 4.78 is 11.1. The minimum absolute atomic E-state index is 0.00444. The van der Waals surface area contributed by atoms with Crippen molar-refractivity contribution in [3.8, 4) is 17.1 Å². The number of amides is 1. The van der Waals surface area contributed by atoms with Gasteiger partial charge in [0.1, 0.15) is 5.75 Å². The first-order valence-electron chi connectivity index (χ1n) is 8.69. The summed E-state index contributed by atoms with van der Waals surface area (Å²) in [7, 11) is 0. The minimum atomic E-state index is 0.00444. The summed E-state index contributed by atoms with van der Waals surface area (Å²) in [6.07, 6.45) is 4.40. The number of aromatic nitrogens is 1. The third-order valence-electron chi connectivity index (χ3n) is 4.64. The average Bonchev–Trinajstić information content (AvgIpc) is 3.16. The first-order valence-corrected chi connectivity index (χ1v) is 8.69. The Morgan fingerprint density at radius 3 is 2.96 bits per heavy atom. The molecule has 1 aliphatic heterocycles. The Bertz CT molecular complexity index is 919. The van der Waals surface area contributed by atoms with Gasteiger partial charge in [0.05, 0.1) is 12.8 Å². The molecule has 5 heteroatoms. The minimum Gasteiger partial charge on any atom is -0.493 e. The maximum absolute atomic E-state index is 12.4. The summed E-state index contributed by atoms with van der Waals surface area (Å²) in [5, 5.41) is 2.99. The zero-order valence-electron chi connectivity index (χ0n) is 14.6. The highest BCUT2D eigenvalue weighted by Crippen LogP contribution is 2.29. The molecule has 3 aromatic rings. The number of para-hydroxylation sites is 1. The quantitative estimate of drug-likeness (QED) is 0.766. The van der Waals surface area contributed by atoms with E-state index in [9.17, 15) is 4.79 Å². The summed E-state index contributed by atoms with van der Waals surface area (Å²) >= 11 is 0. The van der Waals surface area contributed by atoms with Crippen molar-refractivity contribution in [3.05, 3.63) is 66.2 Å². The van der Waals surface area contributed by atoms with Gasteiger partial charge in [-0.25, -0.2) is 4.98 Å². The third kappa shape index (κ3) is 3.47. The van der Waals surface area contributed by atoms with Crippen LogP contribution in [-0.2, 0) is 11.2 Å². The predicted octanol–water partition coefficient (Wildman–Crippen LogP) is 4.23. The number of carbonyl (C=O) groups excluding carboxylic acids is 1. The van der Waals surface area contributed by atoms with Gasteiger partial charge in [-0.1, -0.05) is 18.2 Å². The van der Waals surface area contributed by atoms with E-state index in [0.717, 1.165) is 34.7 Å². The van der Waals surface area contributed by atoms with E-state index in [-0.39, 0.29) is 11.8 Å². The lowest BCUT2D eigenvalue weighted by atomic mass is 9.94. The topological polar surface area (TPSA) is 64.4 Å². The molecule has 2 aromatic carbocycles. The van der Waals surface area contributed by atoms with Gasteiger partial charge in [-0.05, 0) is 48.7 Å². The van der Waals surface area contributed by atoms with Crippen molar-refractivity contribution in [2.75, 3.05) is 11.9 Å². The number of benzene rings is 2. The van der Waals surface area contributed by atoms with Crippen molar-refractivity contribution < 1.29 is 13.9 Å². The smallest absolute Gasteiger partial charge is 0.224 e. The van der Waals surface area contributed by atoms with Gasteiger partial charge in [-0.15, -0.1) is 0 Å². The number of carbonyl (C=O) groups is 1. The van der Waals surface area contributed by atoms with Gasteiger partial charge in [-0.2, -0.15) is 0 Å². The summed E-state index contributed by atoms with van der Waals surface area (Å²) in [4.78, 5) is 16.4. The van der Waals surface area contributed by atoms with E-state index < -0.39 is 0 Å². The molecule has 26 heavy (non-hydrogen) atoms. The van der Waals surface area contributed by atoms with E-state index in [1.165, 1.54) is 12.0 Å². The van der Waals surface area contributed by atoms with Crippen LogP contribution in [0.1, 0.15) is 17.5 Å². The predicted molar refractivity (Wildman–Crippen MR) is 99.1 cm³/mol. The molecule has 2 heterocycles. The van der Waals surface area contributed by atoms with Crippen molar-refractivity contribution in [2.24, 2.45) is 5.92 Å². The number of fused-ring (bicyclic) bond motifs is 1. The van der Waals surface area contributed by atoms with Crippen molar-refractivity contribution in [2.45, 2.75) is 19.8 Å². The Morgan fingerprint density at radius 1 is 1.27 bits per heavy atom. The lowest BCUT2D eigenvalue weighted by Crippen LogP contribution is -2.26. The number of anilines is 1. The largest absolute Gasteiger partial charge is 0.493 e. The van der Waals surface area contributed by atoms with Crippen LogP contribution in [0.2, 0.25) is 0 Å². The zero-order valence-corrected chi connectivity index (χ0v) is 14.6. The van der Waals surface area contributed by atoms with Crippen molar-refractivity contribution in [3.63, 3.8) is 0 Å². The number of ether oxygens (including phenoxy) is 1. The average molecular weight is 348 g/mol. The van der Waals surface area contributed by atoms with Gasteiger partial charge in [0.15, 0.2) is 12.2 Å². The second kappa shape index (κ2) is 7.04. The number of hydrogen-bond donors (Lipinski definition) is 1. The normalized spacial score (nSPS) is 15.8. The van der Waals surface area contributed by atoms with Gasteiger partial charge < -0.3 is 14.5 Å². The molecule has 0 radical (unpaired) electrons. The Kier molecular flexibility index (Phi) is 4.44. The fourth-order valence-electron chi connectivity index (χ4n) is 3.36. The van der Waals surface area contributed by atoms with Crippen LogP contribution in [0.5, 0.6) is 5.75 Å². The van der Waals surface area contributed by atoms with Crippen LogP contribution < -0.4 is 10.1 Å². The maximum atomic E-state index is 12.4. The Labute approximate surface area is 152 Å². The Morgan fingerprint density at radius 2 is 2.15 bits per heavy atom. The van der Waals surface area contributed by atoms with Crippen LogP contribution >= 0.6 is 0 Å². The SMILES string of the molecule is Cc1cc(NC(=O)CC2COc3ccccc3C2)ccc1-c1cnco1. The van der Waals surface area contributed by atoms with E-state index in [4.69, 9.17) is 9.15 Å². The van der Waals surface area contributed by atoms with E-state index in [2.05, 4.69) is 16.4 Å². The first kappa shape index (κ1) is 16.4. The Hall–Kier alpha value is -3.08. The molecule has 0 fully saturated rings. The number of aryl methyl sites for hydroxylation is 1. The van der Waals surface area contributed by atoms with Gasteiger partial charge >= 0.3 is 0 Å². The fraction of sp³-hybridized carbons (Fsp3) is 0.238. The van der Waals surface area contributed by atoms with Crippen LogP contribution in [0.4, 0.5) is 5.69 Å². The molecule has 0 saturated heterocycles. The molecule has 4 rings (SSSR count). The molecule has 1 N–H and O–H groups in total. The molecule has 5 nitrogen and oxygen atoms in total. The molecule has 0 saturated carbocycles. The van der Waals surface area contributed by atoms with Gasteiger partial charge in [0.25, 0.3) is 0 Å². The molecule has 1 aromatic heterocycles. The van der Waals surface area contributed by atoms with E-state index >= 15 is 0 Å². The number of hydrogen-bond acceptors (Lipinski definition) is 4. The second-order valence-corrected chi connectivity index (χ2v) is 6.64. The van der Waals surface area contributed by atoms with Gasteiger partial charge in [-0.3, -0.25) is 4.79 Å². The number of nitrogens with one attached hydrogen (secondary N) is 1. The van der Waals surface area contributed by atoms with Crippen LogP contribution in [0.3, 0.4) is 0 Å². The summed E-state index contributed by atoms with van der Waals surface area (Å²) in [5.74, 6) is 1.85. The third-order valence-corrected chi connectivity index (χ3v) is 4.64. The standard InChI is InChI=1S/C21H20N2O3/c1-14-8-17(6-7-18(14)20-11-22-13-26-20)23-21(24)10-15-9-16-4-2-3-5-19(16)25-12-15/h2-8,11,13,15H,9-10,12H2,1H3,(H,23,24). The highest BCUT2D eigenvalue weighted by atomic mass is 16.5. The van der Waals surface area contributed by atoms with Crippen molar-refractivity contribution >= 4 is 11.6 Å². The molecular formula is C21H20N2O3. The van der Waals surface area contributed by atoms with Crippen molar-refractivity contribution in [1.29, 1.82) is 0 Å². The van der Waals surface area contributed by atoms with E-state index in [0.29, 0.717) is 13.0 Å². The zero-order chi connectivity index (χ0) is 17.9. The molecule has 0 aliphatic carbocycles. The molecule has 1 aliphatic rings. The maximum Gasteiger partial charge on any atom is 0.224 e. The Balaban J connectivity index is 1.39. The molecule has 0 spiro atoms. The lowest BCUT2D eigenvalue weighted by molar-refractivity contribution is -0.117. The van der Waals surface area contributed by atoms with Crippen LogP contribution in [-0.4, -0.2) is 17.5 Å². The van der Waals surface area contributed by atoms with Gasteiger partial charge in [0.2, 0.25) is 5.91 Å². The number of rotatable bonds is 4. The number of oxazole rings is 1. The summed E-state index contributed by atoms with van der Waals surface area (Å²) in [6, 6.07) is 13.8. The van der Waals surface area contributed by atoms with Crippen LogP contribution in [0.25, 0.3) is 11.3 Å². The summed E-state index contributed by atoms with van der Waals surface area (Å²) in [6.45, 7) is 2.56. The molecule has 0 bridgehead atoms. The first-order chi connectivity index (χ1) is 12.7. The number of nitrogens with zero attached hydrogens (tertiary/aromatic N) is 1. The highest BCUT2D eigenvalue weighted by molar-refractivity contribution is 5.91. The molecule has 1 unspecified atom stereocenters. The van der Waals surface area contributed by atoms with Crippen molar-refractivity contribution in [1.82, 2.24) is 4.98 Å². The molecule has 1 amide bonds. The molecule has 132 valence electrons. The summed E-state index contributed by atoms with van der Waals surface area (Å²) in [5.41, 5.74) is 3.95. The molecular weight excluding hydrogens is 328 g/mol. The monoisotopic (exact) mass is 348 g/mol. The van der Waals surface area contributed by atoms with Crippen LogP contribution in [0, 0.1) is 12.8 Å². The van der Waals surface area contributed by atoms with Gasteiger partial charge in [0, 0.05) is 23.6 Å². The molecule has 1 atom stereocenters. The van der Waals surface area contributed by atoms with Crippen LogP contribution in [0.15, 0.2) is 59.5 Å². The van der Waals surface area contributed by atoms with E-state index in [1.54, 1.807) is 6.20 Å². The van der Waals surface area contributed by atoms with E-state index in [1.807, 2.05) is 43.3 Å². The fourth-order valence-corrected chi connectivity index (χ4v) is 3.36. The highest BCUT2D eigenvalue weighted by Gasteiger charge is 2.22.